The van der Waals surface area contributed by atoms with Crippen molar-refractivity contribution in [1.82, 2.24) is 0 Å². The summed E-state index contributed by atoms with van der Waals surface area (Å²) in [4.78, 5) is 2.20. The van der Waals surface area contributed by atoms with Crippen LogP contribution < -0.4 is 9.64 Å². The fourth-order valence-corrected chi connectivity index (χ4v) is 1.67. The van der Waals surface area contributed by atoms with Gasteiger partial charge < -0.3 is 9.64 Å². The van der Waals surface area contributed by atoms with E-state index in [0.717, 1.165) is 23.4 Å². The molecule has 0 amide bonds. The second kappa shape index (κ2) is 4.20. The van der Waals surface area contributed by atoms with Crippen molar-refractivity contribution in [3.63, 3.8) is 0 Å². The average molecular weight is 265 g/mol. The first kappa shape index (κ1) is 10.7. The summed E-state index contributed by atoms with van der Waals surface area (Å²) in [5, 5.41) is 0. The third kappa shape index (κ3) is 2.09. The summed E-state index contributed by atoms with van der Waals surface area (Å²) in [6.45, 7) is 1.74. The molecule has 0 spiro atoms. The molecule has 0 radical (unpaired) electrons. The fourth-order valence-electron chi connectivity index (χ4n) is 1.33. The van der Waals surface area contributed by atoms with Gasteiger partial charge in [0.2, 0.25) is 0 Å². The highest BCUT2D eigenvalue weighted by Crippen LogP contribution is 2.32. The highest BCUT2D eigenvalue weighted by molar-refractivity contribution is 9.10. The van der Waals surface area contributed by atoms with Gasteiger partial charge in [-0.25, -0.2) is 0 Å². The molecule has 0 N–H and O–H groups in total. The highest BCUT2D eigenvalue weighted by Gasteiger charge is 2.13. The van der Waals surface area contributed by atoms with Gasteiger partial charge in [-0.3, -0.25) is 0 Å². The minimum atomic E-state index is 0. The van der Waals surface area contributed by atoms with E-state index in [1.54, 1.807) is 0 Å². The van der Waals surface area contributed by atoms with Gasteiger partial charge in [-0.2, -0.15) is 0 Å². The van der Waals surface area contributed by atoms with Gasteiger partial charge in [0, 0.05) is 11.5 Å². The molecule has 72 valence electrons. The Labute approximate surface area is 92.4 Å². The van der Waals surface area contributed by atoms with Crippen molar-refractivity contribution in [2.45, 2.75) is 0 Å². The highest BCUT2D eigenvalue weighted by atomic mass is 79.9. The summed E-state index contributed by atoms with van der Waals surface area (Å²) >= 11 is 3.41. The van der Waals surface area contributed by atoms with Gasteiger partial charge in [-0.15, -0.1) is 12.4 Å². The summed E-state index contributed by atoms with van der Waals surface area (Å²) in [5.41, 5.74) is 1.17. The van der Waals surface area contributed by atoms with Crippen molar-refractivity contribution in [2.75, 3.05) is 25.1 Å². The number of benzene rings is 1. The molecule has 0 aromatic heterocycles. The Morgan fingerprint density at radius 3 is 3.00 bits per heavy atom. The molecule has 0 bridgehead atoms. The summed E-state index contributed by atoms with van der Waals surface area (Å²) < 4.78 is 6.57. The lowest BCUT2D eigenvalue weighted by atomic mass is 10.2. The molecule has 1 aliphatic heterocycles. The molecule has 1 aromatic carbocycles. The van der Waals surface area contributed by atoms with Crippen LogP contribution in [0, 0.1) is 0 Å². The van der Waals surface area contributed by atoms with Crippen molar-refractivity contribution in [3.05, 3.63) is 22.7 Å². The number of hydrogen-bond donors (Lipinski definition) is 0. The van der Waals surface area contributed by atoms with Crippen LogP contribution in [0.2, 0.25) is 0 Å². The van der Waals surface area contributed by atoms with Crippen molar-refractivity contribution >= 4 is 34.0 Å². The first-order chi connectivity index (χ1) is 5.77. The second-order valence-corrected chi connectivity index (χ2v) is 3.80. The quantitative estimate of drug-likeness (QED) is 0.714. The van der Waals surface area contributed by atoms with Gasteiger partial charge in [0.15, 0.2) is 0 Å². The van der Waals surface area contributed by atoms with Crippen LogP contribution in [0.5, 0.6) is 5.75 Å². The molecule has 1 aliphatic rings. The largest absolute Gasteiger partial charge is 0.490 e. The molecule has 0 unspecified atom stereocenters. The normalized spacial score (nSPS) is 14.2. The molecule has 13 heavy (non-hydrogen) atoms. The molecule has 0 saturated carbocycles. The second-order valence-electron chi connectivity index (χ2n) is 2.88. The first-order valence-corrected chi connectivity index (χ1v) is 4.70. The third-order valence-corrected chi connectivity index (χ3v) is 2.51. The van der Waals surface area contributed by atoms with E-state index in [1.165, 1.54) is 5.69 Å². The standard InChI is InChI=1S/C9H10BrNO.ClH/c1-11-4-5-12-9-6-7(10)2-3-8(9)11;/h2-3,6H,4-5H2,1H3;1H. The number of fused-ring (bicyclic) bond motifs is 1. The van der Waals surface area contributed by atoms with Crippen LogP contribution in [0.4, 0.5) is 5.69 Å². The zero-order valence-electron chi connectivity index (χ0n) is 7.29. The zero-order chi connectivity index (χ0) is 8.55. The Balaban J connectivity index is 0.000000845. The molecule has 1 aromatic rings. The minimum Gasteiger partial charge on any atom is -0.490 e. The predicted molar refractivity (Wildman–Crippen MR) is 60.2 cm³/mol. The van der Waals surface area contributed by atoms with Crippen LogP contribution in [0.3, 0.4) is 0 Å². The Morgan fingerprint density at radius 2 is 2.23 bits per heavy atom. The Hall–Kier alpha value is -0.410. The molecule has 4 heteroatoms. The molecule has 0 aliphatic carbocycles. The smallest absolute Gasteiger partial charge is 0.143 e. The molecule has 2 rings (SSSR count). The van der Waals surface area contributed by atoms with Crippen LogP contribution in [-0.2, 0) is 0 Å². The molecular weight excluding hydrogens is 253 g/mol. The summed E-state index contributed by atoms with van der Waals surface area (Å²) in [5.74, 6) is 0.970. The molecule has 0 atom stereocenters. The third-order valence-electron chi connectivity index (χ3n) is 2.02. The van der Waals surface area contributed by atoms with E-state index >= 15 is 0 Å². The van der Waals surface area contributed by atoms with E-state index in [1.807, 2.05) is 12.1 Å². The monoisotopic (exact) mass is 263 g/mol. The Morgan fingerprint density at radius 1 is 1.46 bits per heavy atom. The maximum atomic E-state index is 5.50. The van der Waals surface area contributed by atoms with Gasteiger partial charge >= 0.3 is 0 Å². The van der Waals surface area contributed by atoms with Crippen LogP contribution in [0.25, 0.3) is 0 Å². The van der Waals surface area contributed by atoms with E-state index in [-0.39, 0.29) is 12.4 Å². The van der Waals surface area contributed by atoms with Crippen LogP contribution in [0.1, 0.15) is 0 Å². The maximum absolute atomic E-state index is 5.50. The minimum absolute atomic E-state index is 0. The van der Waals surface area contributed by atoms with Crippen molar-refractivity contribution in [3.8, 4) is 5.75 Å². The van der Waals surface area contributed by atoms with Crippen LogP contribution in [-0.4, -0.2) is 20.2 Å². The van der Waals surface area contributed by atoms with Crippen LogP contribution >= 0.6 is 28.3 Å². The summed E-state index contributed by atoms with van der Waals surface area (Å²) in [6, 6.07) is 6.10. The SMILES string of the molecule is CN1CCOc2cc(Br)ccc21.Cl. The van der Waals surface area contributed by atoms with Crippen molar-refractivity contribution in [2.24, 2.45) is 0 Å². The number of ether oxygens (including phenoxy) is 1. The summed E-state index contributed by atoms with van der Waals surface area (Å²) in [6.07, 6.45) is 0. The molecule has 2 nitrogen and oxygen atoms in total. The van der Waals surface area contributed by atoms with Gasteiger partial charge in [0.25, 0.3) is 0 Å². The molecule has 1 heterocycles. The van der Waals surface area contributed by atoms with E-state index in [2.05, 4.69) is 33.9 Å². The number of likely N-dealkylation sites (N-methyl/N-ethyl adjacent to an activating group) is 1. The van der Waals surface area contributed by atoms with E-state index in [4.69, 9.17) is 4.74 Å². The lowest BCUT2D eigenvalue weighted by Gasteiger charge is -2.27. The fraction of sp³-hybridized carbons (Fsp3) is 0.333. The first-order valence-electron chi connectivity index (χ1n) is 3.91. The van der Waals surface area contributed by atoms with Gasteiger partial charge in [-0.1, -0.05) is 15.9 Å². The zero-order valence-corrected chi connectivity index (χ0v) is 9.69. The van der Waals surface area contributed by atoms with E-state index in [9.17, 15) is 0 Å². The number of hydrogen-bond acceptors (Lipinski definition) is 2. The lowest BCUT2D eigenvalue weighted by Crippen LogP contribution is -2.28. The molecule has 0 fully saturated rings. The molecular formula is C9H11BrClNO. The van der Waals surface area contributed by atoms with Gasteiger partial charge in [0.1, 0.15) is 12.4 Å². The topological polar surface area (TPSA) is 12.5 Å². The molecule has 0 saturated heterocycles. The summed E-state index contributed by atoms with van der Waals surface area (Å²) in [7, 11) is 2.08. The van der Waals surface area contributed by atoms with E-state index < -0.39 is 0 Å². The van der Waals surface area contributed by atoms with Crippen molar-refractivity contribution < 1.29 is 4.74 Å². The van der Waals surface area contributed by atoms with Gasteiger partial charge in [-0.05, 0) is 18.2 Å². The average Bonchev–Trinajstić information content (AvgIpc) is 2.04. The predicted octanol–water partition coefficient (Wildman–Crippen LogP) is 2.70. The maximum Gasteiger partial charge on any atom is 0.143 e. The lowest BCUT2D eigenvalue weighted by molar-refractivity contribution is 0.311. The van der Waals surface area contributed by atoms with Crippen LogP contribution in [0.15, 0.2) is 22.7 Å². The number of halogens is 2. The Kier molecular flexibility index (Phi) is 3.45. The Bertz CT molecular complexity index is 306. The van der Waals surface area contributed by atoms with E-state index in [0.29, 0.717) is 0 Å². The van der Waals surface area contributed by atoms with Gasteiger partial charge in [0.05, 0.1) is 12.2 Å². The number of rotatable bonds is 0. The van der Waals surface area contributed by atoms with Crippen molar-refractivity contribution in [1.29, 1.82) is 0 Å². The number of anilines is 1. The number of nitrogens with zero attached hydrogens (tertiary/aromatic N) is 1.